The fraction of sp³-hybridized carbons (Fsp3) is 0.435. The van der Waals surface area contributed by atoms with E-state index < -0.39 is 6.10 Å². The lowest BCUT2D eigenvalue weighted by atomic mass is 9.92. The topological polar surface area (TPSA) is 38.8 Å². The largest absolute Gasteiger partial charge is 0.496 e. The first-order valence-electron chi connectivity index (χ1n) is 9.77. The van der Waals surface area contributed by atoms with E-state index in [0.717, 1.165) is 29.9 Å². The molecule has 0 bridgehead atoms. The molecule has 0 saturated carbocycles. The third-order valence-corrected chi connectivity index (χ3v) is 5.22. The maximum Gasteiger partial charge on any atom is 0.263 e. The van der Waals surface area contributed by atoms with Crippen LogP contribution in [0.5, 0.6) is 11.5 Å². The smallest absolute Gasteiger partial charge is 0.263 e. The van der Waals surface area contributed by atoms with E-state index in [1.165, 1.54) is 24.0 Å². The SMILES string of the molecule is CC[C@@H](Oc1ccc2c(c1)CCCC2)C(=O)N(C)Cc1ccccc1OC. The number of ether oxygens (including phenoxy) is 2. The molecule has 1 amide bonds. The molecule has 144 valence electrons. The van der Waals surface area contributed by atoms with Gasteiger partial charge in [-0.2, -0.15) is 0 Å². The number of carbonyl (C=O) groups is 1. The molecule has 3 rings (SSSR count). The Morgan fingerprint density at radius 3 is 2.59 bits per heavy atom. The predicted octanol–water partition coefficient (Wildman–Crippen LogP) is 4.39. The van der Waals surface area contributed by atoms with E-state index in [4.69, 9.17) is 9.47 Å². The molecule has 1 aliphatic carbocycles. The summed E-state index contributed by atoms with van der Waals surface area (Å²) in [5, 5.41) is 0. The Morgan fingerprint density at radius 2 is 1.85 bits per heavy atom. The van der Waals surface area contributed by atoms with Crippen molar-refractivity contribution in [3.63, 3.8) is 0 Å². The number of hydrogen-bond acceptors (Lipinski definition) is 3. The van der Waals surface area contributed by atoms with Crippen molar-refractivity contribution in [2.45, 2.75) is 51.7 Å². The summed E-state index contributed by atoms with van der Waals surface area (Å²) in [6, 6.07) is 14.0. The van der Waals surface area contributed by atoms with E-state index in [9.17, 15) is 4.79 Å². The Balaban J connectivity index is 1.68. The van der Waals surface area contributed by atoms with Gasteiger partial charge in [0.2, 0.25) is 0 Å². The summed E-state index contributed by atoms with van der Waals surface area (Å²) in [4.78, 5) is 14.6. The number of aryl methyl sites for hydroxylation is 2. The van der Waals surface area contributed by atoms with Crippen molar-refractivity contribution in [3.05, 3.63) is 59.2 Å². The minimum atomic E-state index is -0.480. The van der Waals surface area contributed by atoms with Gasteiger partial charge in [-0.3, -0.25) is 4.79 Å². The van der Waals surface area contributed by atoms with Gasteiger partial charge in [-0.15, -0.1) is 0 Å². The van der Waals surface area contributed by atoms with Crippen LogP contribution in [-0.4, -0.2) is 31.1 Å². The van der Waals surface area contributed by atoms with Crippen LogP contribution in [0.4, 0.5) is 0 Å². The lowest BCUT2D eigenvalue weighted by Crippen LogP contribution is -2.39. The molecule has 0 radical (unpaired) electrons. The summed E-state index contributed by atoms with van der Waals surface area (Å²) in [7, 11) is 3.46. The first kappa shape index (κ1) is 19.3. The zero-order valence-electron chi connectivity index (χ0n) is 16.5. The van der Waals surface area contributed by atoms with Crippen molar-refractivity contribution in [2.24, 2.45) is 0 Å². The summed E-state index contributed by atoms with van der Waals surface area (Å²) in [6.07, 6.45) is 4.89. The molecule has 2 aromatic carbocycles. The molecule has 0 spiro atoms. The predicted molar refractivity (Wildman–Crippen MR) is 107 cm³/mol. The maximum absolute atomic E-state index is 12.9. The summed E-state index contributed by atoms with van der Waals surface area (Å²) in [6.45, 7) is 2.48. The van der Waals surface area contributed by atoms with Crippen LogP contribution in [0, 0.1) is 0 Å². The third kappa shape index (κ3) is 4.62. The first-order valence-corrected chi connectivity index (χ1v) is 9.77. The van der Waals surface area contributed by atoms with Gasteiger partial charge >= 0.3 is 0 Å². The van der Waals surface area contributed by atoms with Gasteiger partial charge in [-0.1, -0.05) is 31.2 Å². The Hall–Kier alpha value is -2.49. The van der Waals surface area contributed by atoms with Gasteiger partial charge in [0.1, 0.15) is 11.5 Å². The fourth-order valence-corrected chi connectivity index (χ4v) is 3.67. The van der Waals surface area contributed by atoms with Gasteiger partial charge in [-0.05, 0) is 61.4 Å². The van der Waals surface area contributed by atoms with Gasteiger partial charge in [0, 0.05) is 19.2 Å². The minimum absolute atomic E-state index is 0.0128. The van der Waals surface area contributed by atoms with E-state index in [1.807, 2.05) is 44.3 Å². The minimum Gasteiger partial charge on any atom is -0.496 e. The van der Waals surface area contributed by atoms with Crippen molar-refractivity contribution < 1.29 is 14.3 Å². The molecule has 0 heterocycles. The molecule has 0 N–H and O–H groups in total. The molecule has 2 aromatic rings. The molecule has 4 heteroatoms. The van der Waals surface area contributed by atoms with E-state index >= 15 is 0 Å². The Kier molecular flexibility index (Phi) is 6.38. The monoisotopic (exact) mass is 367 g/mol. The summed E-state index contributed by atoms with van der Waals surface area (Å²) in [5.41, 5.74) is 3.77. The number of fused-ring (bicyclic) bond motifs is 1. The number of para-hydroxylation sites is 1. The second kappa shape index (κ2) is 8.94. The van der Waals surface area contributed by atoms with Crippen molar-refractivity contribution in [1.29, 1.82) is 0 Å². The highest BCUT2D eigenvalue weighted by atomic mass is 16.5. The Bertz CT molecular complexity index is 787. The van der Waals surface area contributed by atoms with Crippen LogP contribution in [0.3, 0.4) is 0 Å². The molecule has 1 atom stereocenters. The molecule has 0 fully saturated rings. The lowest BCUT2D eigenvalue weighted by Gasteiger charge is -2.25. The molecule has 4 nitrogen and oxygen atoms in total. The quantitative estimate of drug-likeness (QED) is 0.728. The molecule has 27 heavy (non-hydrogen) atoms. The Morgan fingerprint density at radius 1 is 1.11 bits per heavy atom. The first-order chi connectivity index (χ1) is 13.1. The van der Waals surface area contributed by atoms with Crippen molar-refractivity contribution in [3.8, 4) is 11.5 Å². The van der Waals surface area contributed by atoms with Crippen molar-refractivity contribution in [2.75, 3.05) is 14.2 Å². The number of benzene rings is 2. The fourth-order valence-electron chi connectivity index (χ4n) is 3.67. The second-order valence-corrected chi connectivity index (χ2v) is 7.16. The molecule has 1 aliphatic rings. The second-order valence-electron chi connectivity index (χ2n) is 7.16. The number of rotatable bonds is 7. The maximum atomic E-state index is 12.9. The molecular formula is C23H29NO3. The van der Waals surface area contributed by atoms with Crippen LogP contribution in [-0.2, 0) is 24.2 Å². The van der Waals surface area contributed by atoms with E-state index in [0.29, 0.717) is 13.0 Å². The van der Waals surface area contributed by atoms with Gasteiger partial charge in [-0.25, -0.2) is 0 Å². The van der Waals surface area contributed by atoms with Crippen LogP contribution in [0.2, 0.25) is 0 Å². The highest BCUT2D eigenvalue weighted by Gasteiger charge is 2.23. The normalized spacial score (nSPS) is 14.2. The van der Waals surface area contributed by atoms with Crippen LogP contribution >= 0.6 is 0 Å². The molecule has 0 aromatic heterocycles. The number of hydrogen-bond donors (Lipinski definition) is 0. The van der Waals surface area contributed by atoms with Gasteiger partial charge in [0.05, 0.1) is 7.11 Å². The lowest BCUT2D eigenvalue weighted by molar-refractivity contribution is -0.138. The number of carbonyl (C=O) groups excluding carboxylic acids is 1. The van der Waals surface area contributed by atoms with Crippen LogP contribution in [0.15, 0.2) is 42.5 Å². The van der Waals surface area contributed by atoms with Gasteiger partial charge < -0.3 is 14.4 Å². The van der Waals surface area contributed by atoms with E-state index in [-0.39, 0.29) is 5.91 Å². The number of amides is 1. The molecule has 0 saturated heterocycles. The number of methoxy groups -OCH3 is 1. The zero-order chi connectivity index (χ0) is 19.2. The number of likely N-dealkylation sites (N-methyl/N-ethyl adjacent to an activating group) is 1. The molecule has 0 aliphatic heterocycles. The highest BCUT2D eigenvalue weighted by Crippen LogP contribution is 2.26. The molecular weight excluding hydrogens is 338 g/mol. The van der Waals surface area contributed by atoms with Crippen LogP contribution < -0.4 is 9.47 Å². The van der Waals surface area contributed by atoms with E-state index in [1.54, 1.807) is 12.0 Å². The van der Waals surface area contributed by atoms with Crippen molar-refractivity contribution >= 4 is 5.91 Å². The van der Waals surface area contributed by atoms with Gasteiger partial charge in [0.25, 0.3) is 5.91 Å². The highest BCUT2D eigenvalue weighted by molar-refractivity contribution is 5.81. The summed E-state index contributed by atoms with van der Waals surface area (Å²) >= 11 is 0. The zero-order valence-corrected chi connectivity index (χ0v) is 16.5. The number of nitrogens with zero attached hydrogens (tertiary/aromatic N) is 1. The van der Waals surface area contributed by atoms with Gasteiger partial charge in [0.15, 0.2) is 6.10 Å². The Labute approximate surface area is 162 Å². The average molecular weight is 367 g/mol. The van der Waals surface area contributed by atoms with Crippen LogP contribution in [0.25, 0.3) is 0 Å². The van der Waals surface area contributed by atoms with Crippen molar-refractivity contribution in [1.82, 2.24) is 4.90 Å². The van der Waals surface area contributed by atoms with Crippen LogP contribution in [0.1, 0.15) is 42.9 Å². The standard InChI is InChI=1S/C23H29NO3/c1-4-21(27-20-14-13-17-9-5-6-10-18(17)15-20)23(25)24(2)16-19-11-7-8-12-22(19)26-3/h7-8,11-15,21H,4-6,9-10,16H2,1-3H3/t21-/m1/s1. The average Bonchev–Trinajstić information content (AvgIpc) is 2.71. The third-order valence-electron chi connectivity index (χ3n) is 5.22. The molecule has 0 unspecified atom stereocenters. The summed E-state index contributed by atoms with van der Waals surface area (Å²) < 4.78 is 11.5. The summed E-state index contributed by atoms with van der Waals surface area (Å²) in [5.74, 6) is 1.57. The van der Waals surface area contributed by atoms with E-state index in [2.05, 4.69) is 12.1 Å².